The normalized spacial score (nSPS) is 26.1. The lowest BCUT2D eigenvalue weighted by Gasteiger charge is -2.16. The van der Waals surface area contributed by atoms with Crippen LogP contribution in [0.1, 0.15) is 36.8 Å². The molecule has 0 aromatic heterocycles. The fourth-order valence-corrected chi connectivity index (χ4v) is 5.95. The number of sulfone groups is 1. The molecule has 0 aliphatic carbocycles. The molecule has 2 heterocycles. The number of hydrogen-bond acceptors (Lipinski definition) is 4. The quantitative estimate of drug-likeness (QED) is 0.516. The van der Waals surface area contributed by atoms with Crippen molar-refractivity contribution < 1.29 is 18.0 Å². The number of anilines is 1. The molecule has 0 saturated carbocycles. The van der Waals surface area contributed by atoms with Crippen molar-refractivity contribution in [3.8, 4) is 0 Å². The van der Waals surface area contributed by atoms with Crippen molar-refractivity contribution in [2.24, 2.45) is 0 Å². The number of amides is 3. The minimum atomic E-state index is -3.21. The molecule has 3 N–H and O–H groups in total. The van der Waals surface area contributed by atoms with Crippen LogP contribution in [0.2, 0.25) is 0 Å². The fraction of sp³-hybridized carbons (Fsp3) is 0.556. The van der Waals surface area contributed by atoms with Crippen LogP contribution in [0, 0.1) is 13.8 Å². The lowest BCUT2D eigenvalue weighted by atomic mass is 10.0. The van der Waals surface area contributed by atoms with Gasteiger partial charge >= 0.3 is 6.03 Å². The summed E-state index contributed by atoms with van der Waals surface area (Å²) in [5.74, 6) is -0.0785. The highest BCUT2D eigenvalue weighted by Crippen LogP contribution is 2.28. The number of fused-ring (bicyclic) bond motifs is 1. The van der Waals surface area contributed by atoms with Crippen LogP contribution in [0.4, 0.5) is 10.5 Å². The zero-order valence-electron chi connectivity index (χ0n) is 15.0. The van der Waals surface area contributed by atoms with Gasteiger partial charge in [0.25, 0.3) is 0 Å². The zero-order valence-corrected chi connectivity index (χ0v) is 15.9. The monoisotopic (exact) mass is 379 g/mol. The first-order valence-corrected chi connectivity index (χ1v) is 10.6. The van der Waals surface area contributed by atoms with Gasteiger partial charge in [0.1, 0.15) is 0 Å². The van der Waals surface area contributed by atoms with E-state index < -0.39 is 15.1 Å². The Hall–Kier alpha value is -2.09. The minimum absolute atomic E-state index is 0.00562. The molecule has 8 heteroatoms. The molecule has 1 aromatic rings. The van der Waals surface area contributed by atoms with Crippen molar-refractivity contribution in [3.63, 3.8) is 0 Å². The summed E-state index contributed by atoms with van der Waals surface area (Å²) in [6.45, 7) is 4.02. The second kappa shape index (κ2) is 7.26. The maximum atomic E-state index is 12.2. The number of unbranched alkanes of at least 4 members (excludes halogenated alkanes) is 1. The zero-order chi connectivity index (χ0) is 18.9. The van der Waals surface area contributed by atoms with Crippen molar-refractivity contribution in [1.29, 1.82) is 0 Å². The molecule has 142 valence electrons. The van der Waals surface area contributed by atoms with Gasteiger partial charge in [0.05, 0.1) is 23.1 Å². The van der Waals surface area contributed by atoms with E-state index >= 15 is 0 Å². The van der Waals surface area contributed by atoms with Crippen molar-refractivity contribution in [2.75, 3.05) is 11.1 Å². The number of carbonyl (C=O) groups excluding carboxylic acids is 2. The second-order valence-corrected chi connectivity index (χ2v) is 9.48. The largest absolute Gasteiger partial charge is 0.332 e. The fourth-order valence-electron chi connectivity index (χ4n) is 3.68. The first-order chi connectivity index (χ1) is 12.3. The van der Waals surface area contributed by atoms with Gasteiger partial charge in [-0.1, -0.05) is 12.5 Å². The lowest BCUT2D eigenvalue weighted by molar-refractivity contribution is -0.116. The van der Waals surface area contributed by atoms with E-state index in [1.54, 1.807) is 0 Å². The summed E-state index contributed by atoms with van der Waals surface area (Å²) < 4.78 is 24.5. The Morgan fingerprint density at radius 3 is 2.69 bits per heavy atom. The summed E-state index contributed by atoms with van der Waals surface area (Å²) in [4.78, 5) is 23.4. The van der Waals surface area contributed by atoms with E-state index in [1.165, 1.54) is 5.56 Å². The third-order valence-electron chi connectivity index (χ3n) is 5.25. The van der Waals surface area contributed by atoms with E-state index in [1.807, 2.05) is 32.0 Å². The Kier molecular flexibility index (Phi) is 5.22. The molecule has 3 amide bonds. The molecule has 3 rings (SSSR count). The number of nitrogens with one attached hydrogen (secondary N) is 3. The molecule has 26 heavy (non-hydrogen) atoms. The van der Waals surface area contributed by atoms with Gasteiger partial charge in [-0.15, -0.1) is 0 Å². The summed E-state index contributed by atoms with van der Waals surface area (Å²) in [6, 6.07) is 4.81. The molecular weight excluding hydrogens is 354 g/mol. The maximum Gasteiger partial charge on any atom is 0.315 e. The first-order valence-electron chi connectivity index (χ1n) is 8.92. The van der Waals surface area contributed by atoms with Crippen LogP contribution in [0.15, 0.2) is 18.2 Å². The molecule has 2 aliphatic heterocycles. The highest BCUT2D eigenvalue weighted by Gasteiger charge is 2.51. The summed E-state index contributed by atoms with van der Waals surface area (Å²) >= 11 is 0. The van der Waals surface area contributed by atoms with E-state index in [0.717, 1.165) is 11.3 Å². The SMILES string of the molecule is Cc1ccc(NC(=O)CCCC[C@@H]2[C@@H]3NC(=O)N[C@@H]3CS2(=O)=O)cc1C. The Morgan fingerprint density at radius 2 is 1.96 bits per heavy atom. The molecular formula is C18H25N3O4S. The van der Waals surface area contributed by atoms with Crippen molar-refractivity contribution in [2.45, 2.75) is 56.9 Å². The number of carbonyl (C=O) groups is 2. The number of hydrogen-bond donors (Lipinski definition) is 3. The Balaban J connectivity index is 1.45. The van der Waals surface area contributed by atoms with E-state index in [2.05, 4.69) is 16.0 Å². The smallest absolute Gasteiger partial charge is 0.315 e. The van der Waals surface area contributed by atoms with Gasteiger partial charge in [-0.25, -0.2) is 13.2 Å². The molecule has 0 bridgehead atoms. The van der Waals surface area contributed by atoms with Crippen LogP contribution < -0.4 is 16.0 Å². The van der Waals surface area contributed by atoms with Gasteiger partial charge in [-0.2, -0.15) is 0 Å². The highest BCUT2D eigenvalue weighted by molar-refractivity contribution is 7.92. The standard InChI is InChI=1S/C18H25N3O4S/c1-11-7-8-13(9-12(11)2)19-16(22)6-4-3-5-15-17-14(10-26(15,24)25)20-18(23)21-17/h7-9,14-15,17H,3-6,10H2,1-2H3,(H,19,22)(H2,20,21,23)/t14-,15-,17-/m1/s1. The predicted molar refractivity (Wildman–Crippen MR) is 99.8 cm³/mol. The molecule has 0 unspecified atom stereocenters. The van der Waals surface area contributed by atoms with Gasteiger partial charge in [0.2, 0.25) is 5.91 Å². The molecule has 2 aliphatic rings. The number of urea groups is 1. The number of benzene rings is 1. The van der Waals surface area contributed by atoms with Crippen LogP contribution in [0.3, 0.4) is 0 Å². The Bertz CT molecular complexity index is 822. The minimum Gasteiger partial charge on any atom is -0.332 e. The van der Waals surface area contributed by atoms with E-state index in [4.69, 9.17) is 0 Å². The van der Waals surface area contributed by atoms with E-state index in [-0.39, 0.29) is 29.8 Å². The van der Waals surface area contributed by atoms with Crippen molar-refractivity contribution in [3.05, 3.63) is 29.3 Å². The molecule has 2 saturated heterocycles. The molecule has 0 spiro atoms. The molecule has 0 radical (unpaired) electrons. The summed E-state index contributed by atoms with van der Waals surface area (Å²) in [5.41, 5.74) is 3.07. The Labute approximate surface area is 153 Å². The van der Waals surface area contributed by atoms with Crippen molar-refractivity contribution >= 4 is 27.5 Å². The van der Waals surface area contributed by atoms with Gasteiger partial charge in [0.15, 0.2) is 9.84 Å². The van der Waals surface area contributed by atoms with Crippen LogP contribution in [-0.2, 0) is 14.6 Å². The lowest BCUT2D eigenvalue weighted by Crippen LogP contribution is -2.39. The van der Waals surface area contributed by atoms with Crippen molar-refractivity contribution in [1.82, 2.24) is 10.6 Å². The third kappa shape index (κ3) is 4.00. The third-order valence-corrected chi connectivity index (χ3v) is 7.53. The van der Waals surface area contributed by atoms with Gasteiger partial charge in [-0.3, -0.25) is 4.79 Å². The van der Waals surface area contributed by atoms with Crippen LogP contribution >= 0.6 is 0 Å². The maximum absolute atomic E-state index is 12.2. The van der Waals surface area contributed by atoms with Gasteiger partial charge in [-0.05, 0) is 49.9 Å². The van der Waals surface area contributed by atoms with E-state index in [0.29, 0.717) is 25.7 Å². The summed E-state index contributed by atoms with van der Waals surface area (Å²) in [5, 5.41) is 7.67. The number of rotatable bonds is 6. The molecule has 7 nitrogen and oxygen atoms in total. The van der Waals surface area contributed by atoms with Gasteiger partial charge < -0.3 is 16.0 Å². The summed E-state index contributed by atoms with van der Waals surface area (Å²) in [6.07, 6.45) is 2.05. The highest BCUT2D eigenvalue weighted by atomic mass is 32.2. The molecule has 1 aromatic carbocycles. The number of aryl methyl sites for hydroxylation is 2. The van der Waals surface area contributed by atoms with Gasteiger partial charge in [0, 0.05) is 12.1 Å². The molecule has 3 atom stereocenters. The molecule has 2 fully saturated rings. The Morgan fingerprint density at radius 1 is 1.19 bits per heavy atom. The van der Waals surface area contributed by atoms with E-state index in [9.17, 15) is 18.0 Å². The topological polar surface area (TPSA) is 104 Å². The average Bonchev–Trinajstić information content (AvgIpc) is 2.99. The predicted octanol–water partition coefficient (Wildman–Crippen LogP) is 1.65. The second-order valence-electron chi connectivity index (χ2n) is 7.21. The average molecular weight is 379 g/mol. The summed E-state index contributed by atoms with van der Waals surface area (Å²) in [7, 11) is -3.21. The van der Waals surface area contributed by atoms with Crippen LogP contribution in [0.5, 0.6) is 0 Å². The van der Waals surface area contributed by atoms with Crippen LogP contribution in [-0.4, -0.2) is 43.4 Å². The van der Waals surface area contributed by atoms with Crippen LogP contribution in [0.25, 0.3) is 0 Å². The first kappa shape index (κ1) is 18.7.